The summed E-state index contributed by atoms with van der Waals surface area (Å²) in [7, 11) is 3.88. The zero-order valence-corrected chi connectivity index (χ0v) is 11.9. The number of nitrogens with one attached hydrogen (secondary N) is 1. The summed E-state index contributed by atoms with van der Waals surface area (Å²) >= 11 is 0. The van der Waals surface area contributed by atoms with Crippen molar-refractivity contribution in [2.24, 2.45) is 0 Å². The minimum Gasteiger partial charge on any atom is -0.388 e. The van der Waals surface area contributed by atoms with Gasteiger partial charge in [-0.25, -0.2) is 9.97 Å². The molecule has 2 aromatic rings. The molecule has 100 valence electrons. The van der Waals surface area contributed by atoms with Crippen LogP contribution in [0.3, 0.4) is 0 Å². The Hall–Kier alpha value is -2.10. The van der Waals surface area contributed by atoms with Gasteiger partial charge in [0, 0.05) is 37.9 Å². The van der Waals surface area contributed by atoms with Crippen LogP contribution >= 0.6 is 0 Å². The second-order valence-electron chi connectivity index (χ2n) is 4.83. The average molecular weight is 256 g/mol. The van der Waals surface area contributed by atoms with Crippen molar-refractivity contribution >= 4 is 17.3 Å². The Labute approximate surface area is 114 Å². The Morgan fingerprint density at radius 3 is 2.11 bits per heavy atom. The first-order valence-corrected chi connectivity index (χ1v) is 6.45. The van der Waals surface area contributed by atoms with E-state index in [1.807, 2.05) is 55.7 Å². The van der Waals surface area contributed by atoms with E-state index in [0.717, 1.165) is 16.9 Å². The maximum atomic E-state index is 4.42. The molecule has 0 spiro atoms. The van der Waals surface area contributed by atoms with Crippen molar-refractivity contribution in [2.75, 3.05) is 24.3 Å². The molecule has 2 rings (SSSR count). The first-order valence-electron chi connectivity index (χ1n) is 6.45. The standard InChI is InChI=1S/C15H20N4/c1-11(2)12-9-17-15(18-10-12)19(4)14-7-5-13(16-3)6-8-14/h5-11,16H,1-4H3. The molecule has 1 aromatic heterocycles. The molecule has 1 heterocycles. The first-order chi connectivity index (χ1) is 9.11. The van der Waals surface area contributed by atoms with E-state index in [0.29, 0.717) is 11.9 Å². The maximum absolute atomic E-state index is 4.42. The third kappa shape index (κ3) is 3.02. The van der Waals surface area contributed by atoms with E-state index in [1.165, 1.54) is 0 Å². The average Bonchev–Trinajstić information content (AvgIpc) is 2.46. The van der Waals surface area contributed by atoms with Crippen LogP contribution in [0.25, 0.3) is 0 Å². The van der Waals surface area contributed by atoms with Crippen molar-refractivity contribution in [1.29, 1.82) is 0 Å². The van der Waals surface area contributed by atoms with Crippen molar-refractivity contribution < 1.29 is 0 Å². The summed E-state index contributed by atoms with van der Waals surface area (Å²) in [6.07, 6.45) is 3.79. The fourth-order valence-electron chi connectivity index (χ4n) is 1.77. The monoisotopic (exact) mass is 256 g/mol. The number of anilines is 3. The number of aromatic nitrogens is 2. The molecule has 0 aliphatic rings. The number of hydrogen-bond donors (Lipinski definition) is 1. The topological polar surface area (TPSA) is 41.0 Å². The van der Waals surface area contributed by atoms with Gasteiger partial charge in [-0.3, -0.25) is 0 Å². The lowest BCUT2D eigenvalue weighted by Gasteiger charge is -2.18. The fraction of sp³-hybridized carbons (Fsp3) is 0.333. The van der Waals surface area contributed by atoms with Gasteiger partial charge in [-0.15, -0.1) is 0 Å². The molecule has 0 saturated heterocycles. The lowest BCUT2D eigenvalue weighted by Crippen LogP contribution is -2.13. The highest BCUT2D eigenvalue weighted by molar-refractivity contribution is 5.60. The lowest BCUT2D eigenvalue weighted by molar-refractivity contribution is 0.842. The Balaban J connectivity index is 2.20. The van der Waals surface area contributed by atoms with Gasteiger partial charge in [0.1, 0.15) is 0 Å². The van der Waals surface area contributed by atoms with Crippen LogP contribution in [0.2, 0.25) is 0 Å². The summed E-state index contributed by atoms with van der Waals surface area (Å²) in [5.74, 6) is 1.16. The molecule has 0 amide bonds. The minimum atomic E-state index is 0.453. The van der Waals surface area contributed by atoms with Crippen LogP contribution in [-0.4, -0.2) is 24.1 Å². The molecule has 1 aromatic carbocycles. The second kappa shape index (κ2) is 5.69. The molecular formula is C15H20N4. The van der Waals surface area contributed by atoms with Crippen molar-refractivity contribution in [3.8, 4) is 0 Å². The quantitative estimate of drug-likeness (QED) is 0.910. The molecule has 0 aliphatic heterocycles. The van der Waals surface area contributed by atoms with Gasteiger partial charge in [-0.2, -0.15) is 0 Å². The molecule has 0 aliphatic carbocycles. The van der Waals surface area contributed by atoms with Crippen LogP contribution in [0.4, 0.5) is 17.3 Å². The molecule has 0 atom stereocenters. The summed E-state index contributed by atoms with van der Waals surface area (Å²) in [6.45, 7) is 4.27. The van der Waals surface area contributed by atoms with Crippen LogP contribution in [0, 0.1) is 0 Å². The normalized spacial score (nSPS) is 10.6. The van der Waals surface area contributed by atoms with E-state index in [-0.39, 0.29) is 0 Å². The van der Waals surface area contributed by atoms with Gasteiger partial charge in [0.05, 0.1) is 0 Å². The SMILES string of the molecule is CNc1ccc(N(C)c2ncc(C(C)C)cn2)cc1. The summed E-state index contributed by atoms with van der Waals surface area (Å²) < 4.78 is 0. The number of hydrogen-bond acceptors (Lipinski definition) is 4. The predicted octanol–water partition coefficient (Wildman–Crippen LogP) is 3.41. The van der Waals surface area contributed by atoms with Crippen molar-refractivity contribution in [3.05, 3.63) is 42.2 Å². The zero-order valence-electron chi connectivity index (χ0n) is 11.9. The Morgan fingerprint density at radius 1 is 1.05 bits per heavy atom. The molecule has 19 heavy (non-hydrogen) atoms. The molecule has 0 radical (unpaired) electrons. The van der Waals surface area contributed by atoms with Gasteiger partial charge in [0.2, 0.25) is 5.95 Å². The molecule has 0 saturated carbocycles. The molecule has 0 bridgehead atoms. The van der Waals surface area contributed by atoms with Crippen LogP contribution < -0.4 is 10.2 Å². The highest BCUT2D eigenvalue weighted by Gasteiger charge is 2.07. The number of nitrogens with zero attached hydrogens (tertiary/aromatic N) is 3. The van der Waals surface area contributed by atoms with Crippen LogP contribution in [0.15, 0.2) is 36.7 Å². The van der Waals surface area contributed by atoms with Crippen LogP contribution in [0.5, 0.6) is 0 Å². The largest absolute Gasteiger partial charge is 0.388 e. The summed E-state index contributed by atoms with van der Waals surface area (Å²) in [4.78, 5) is 10.8. The molecular weight excluding hydrogens is 236 g/mol. The molecule has 0 fully saturated rings. The molecule has 0 unspecified atom stereocenters. The first kappa shape index (κ1) is 13.3. The molecule has 1 N–H and O–H groups in total. The van der Waals surface area contributed by atoms with E-state index < -0.39 is 0 Å². The van der Waals surface area contributed by atoms with Crippen molar-refractivity contribution in [2.45, 2.75) is 19.8 Å². The molecule has 4 nitrogen and oxygen atoms in total. The maximum Gasteiger partial charge on any atom is 0.229 e. The highest BCUT2D eigenvalue weighted by Crippen LogP contribution is 2.22. The number of rotatable bonds is 4. The summed E-state index contributed by atoms with van der Waals surface area (Å²) in [6, 6.07) is 8.17. The Bertz CT molecular complexity index is 517. The van der Waals surface area contributed by atoms with E-state index in [2.05, 4.69) is 29.1 Å². The van der Waals surface area contributed by atoms with Crippen LogP contribution in [0.1, 0.15) is 25.3 Å². The van der Waals surface area contributed by atoms with Gasteiger partial charge in [0.15, 0.2) is 0 Å². The summed E-state index contributed by atoms with van der Waals surface area (Å²) in [5, 5.41) is 3.10. The Morgan fingerprint density at radius 2 is 1.63 bits per heavy atom. The smallest absolute Gasteiger partial charge is 0.229 e. The van der Waals surface area contributed by atoms with Gasteiger partial charge in [-0.05, 0) is 35.7 Å². The zero-order chi connectivity index (χ0) is 13.8. The van der Waals surface area contributed by atoms with E-state index in [4.69, 9.17) is 0 Å². The predicted molar refractivity (Wildman–Crippen MR) is 80.2 cm³/mol. The second-order valence-corrected chi connectivity index (χ2v) is 4.83. The number of benzene rings is 1. The van der Waals surface area contributed by atoms with Crippen LogP contribution in [-0.2, 0) is 0 Å². The third-order valence-corrected chi connectivity index (χ3v) is 3.17. The van der Waals surface area contributed by atoms with E-state index in [9.17, 15) is 0 Å². The van der Waals surface area contributed by atoms with Gasteiger partial charge in [-0.1, -0.05) is 13.8 Å². The highest BCUT2D eigenvalue weighted by atomic mass is 15.2. The van der Waals surface area contributed by atoms with Crippen molar-refractivity contribution in [3.63, 3.8) is 0 Å². The van der Waals surface area contributed by atoms with Gasteiger partial charge >= 0.3 is 0 Å². The van der Waals surface area contributed by atoms with Gasteiger partial charge in [0.25, 0.3) is 0 Å². The van der Waals surface area contributed by atoms with Crippen molar-refractivity contribution in [1.82, 2.24) is 9.97 Å². The third-order valence-electron chi connectivity index (χ3n) is 3.17. The van der Waals surface area contributed by atoms with E-state index >= 15 is 0 Å². The molecule has 4 heteroatoms. The fourth-order valence-corrected chi connectivity index (χ4v) is 1.77. The lowest BCUT2D eigenvalue weighted by atomic mass is 10.1. The van der Waals surface area contributed by atoms with E-state index in [1.54, 1.807) is 0 Å². The Kier molecular flexibility index (Phi) is 4.00. The van der Waals surface area contributed by atoms with Gasteiger partial charge < -0.3 is 10.2 Å². The minimum absolute atomic E-state index is 0.453. The summed E-state index contributed by atoms with van der Waals surface area (Å²) in [5.41, 5.74) is 3.31.